The van der Waals surface area contributed by atoms with Crippen molar-refractivity contribution >= 4 is 11.6 Å². The van der Waals surface area contributed by atoms with Crippen molar-refractivity contribution in [2.75, 3.05) is 20.3 Å². The van der Waals surface area contributed by atoms with Crippen LogP contribution in [0.25, 0.3) is 0 Å². The first-order valence-corrected chi connectivity index (χ1v) is 7.62. The molecule has 0 spiro atoms. The van der Waals surface area contributed by atoms with Crippen LogP contribution >= 0.6 is 11.6 Å². The van der Waals surface area contributed by atoms with Gasteiger partial charge < -0.3 is 19.5 Å². The lowest BCUT2D eigenvalue weighted by molar-refractivity contribution is 0.138. The molecule has 1 atom stereocenters. The number of benzene rings is 1. The molecular weight excluding hydrogens is 290 g/mol. The lowest BCUT2D eigenvalue weighted by Crippen LogP contribution is -2.35. The van der Waals surface area contributed by atoms with Crippen LogP contribution < -0.4 is 14.8 Å². The molecule has 1 aromatic rings. The van der Waals surface area contributed by atoms with Gasteiger partial charge in [-0.25, -0.2) is 0 Å². The highest BCUT2D eigenvalue weighted by molar-refractivity contribution is 6.32. The minimum Gasteiger partial charge on any atom is -0.493 e. The standard InChI is InChI=1S/C16H24ClNO3/c1-16(2,3)18-9-11-7-13(17)15(14(8-11)19-4)21-12-5-6-20-10-12/h7-8,12,18H,5-6,9-10H2,1-4H3. The topological polar surface area (TPSA) is 39.7 Å². The zero-order chi connectivity index (χ0) is 15.5. The molecule has 0 aromatic heterocycles. The first kappa shape index (κ1) is 16.4. The van der Waals surface area contributed by atoms with Gasteiger partial charge in [-0.1, -0.05) is 11.6 Å². The molecule has 0 radical (unpaired) electrons. The Labute approximate surface area is 131 Å². The average molecular weight is 314 g/mol. The number of hydrogen-bond acceptors (Lipinski definition) is 4. The van der Waals surface area contributed by atoms with Crippen LogP contribution in [-0.4, -0.2) is 32.0 Å². The van der Waals surface area contributed by atoms with Crippen LogP contribution in [0.1, 0.15) is 32.8 Å². The summed E-state index contributed by atoms with van der Waals surface area (Å²) in [7, 11) is 1.63. The molecule has 1 saturated heterocycles. The molecule has 1 unspecified atom stereocenters. The second-order valence-corrected chi connectivity index (χ2v) is 6.72. The highest BCUT2D eigenvalue weighted by Crippen LogP contribution is 2.37. The van der Waals surface area contributed by atoms with Gasteiger partial charge in [-0.3, -0.25) is 0 Å². The molecule has 1 aromatic carbocycles. The van der Waals surface area contributed by atoms with Gasteiger partial charge in [0.15, 0.2) is 11.5 Å². The summed E-state index contributed by atoms with van der Waals surface area (Å²) < 4.78 is 16.7. The van der Waals surface area contributed by atoms with Gasteiger partial charge in [0.25, 0.3) is 0 Å². The van der Waals surface area contributed by atoms with Crippen molar-refractivity contribution in [2.24, 2.45) is 0 Å². The third-order valence-electron chi connectivity index (χ3n) is 3.28. The fraction of sp³-hybridized carbons (Fsp3) is 0.625. The second kappa shape index (κ2) is 6.86. The van der Waals surface area contributed by atoms with Crippen molar-refractivity contribution in [3.8, 4) is 11.5 Å². The molecule has 0 saturated carbocycles. The largest absolute Gasteiger partial charge is 0.493 e. The fourth-order valence-corrected chi connectivity index (χ4v) is 2.41. The Balaban J connectivity index is 2.14. The zero-order valence-electron chi connectivity index (χ0n) is 13.2. The number of ether oxygens (including phenoxy) is 3. The van der Waals surface area contributed by atoms with E-state index in [1.54, 1.807) is 7.11 Å². The molecule has 1 N–H and O–H groups in total. The Hall–Kier alpha value is -0.970. The third kappa shape index (κ3) is 4.77. The Morgan fingerprint density at radius 2 is 2.14 bits per heavy atom. The molecule has 118 valence electrons. The van der Waals surface area contributed by atoms with E-state index in [1.807, 2.05) is 12.1 Å². The lowest BCUT2D eigenvalue weighted by atomic mass is 10.1. The summed E-state index contributed by atoms with van der Waals surface area (Å²) in [6.45, 7) is 8.45. The molecule has 0 aliphatic carbocycles. The molecule has 1 aliphatic heterocycles. The van der Waals surface area contributed by atoms with Gasteiger partial charge in [0.05, 0.1) is 25.3 Å². The number of hydrogen-bond donors (Lipinski definition) is 1. The van der Waals surface area contributed by atoms with Crippen molar-refractivity contribution in [3.63, 3.8) is 0 Å². The molecule has 21 heavy (non-hydrogen) atoms. The lowest BCUT2D eigenvalue weighted by Gasteiger charge is -2.22. The molecule has 1 fully saturated rings. The monoisotopic (exact) mass is 313 g/mol. The van der Waals surface area contributed by atoms with E-state index in [9.17, 15) is 0 Å². The van der Waals surface area contributed by atoms with Gasteiger partial charge in [0.2, 0.25) is 0 Å². The van der Waals surface area contributed by atoms with Crippen LogP contribution in [0, 0.1) is 0 Å². The smallest absolute Gasteiger partial charge is 0.180 e. The van der Waals surface area contributed by atoms with E-state index in [4.69, 9.17) is 25.8 Å². The second-order valence-electron chi connectivity index (χ2n) is 6.32. The van der Waals surface area contributed by atoms with E-state index < -0.39 is 0 Å². The number of methoxy groups -OCH3 is 1. The molecular formula is C16H24ClNO3. The summed E-state index contributed by atoms with van der Waals surface area (Å²) in [6.07, 6.45) is 0.933. The van der Waals surface area contributed by atoms with Crippen LogP contribution in [0.3, 0.4) is 0 Å². The number of halogens is 1. The number of rotatable bonds is 5. The van der Waals surface area contributed by atoms with E-state index in [-0.39, 0.29) is 11.6 Å². The van der Waals surface area contributed by atoms with E-state index in [0.29, 0.717) is 23.1 Å². The molecule has 0 amide bonds. The number of nitrogens with one attached hydrogen (secondary N) is 1. The first-order valence-electron chi connectivity index (χ1n) is 7.25. The van der Waals surface area contributed by atoms with E-state index >= 15 is 0 Å². The third-order valence-corrected chi connectivity index (χ3v) is 3.57. The normalized spacial score (nSPS) is 18.8. The summed E-state index contributed by atoms with van der Waals surface area (Å²) in [5.41, 5.74) is 1.12. The summed E-state index contributed by atoms with van der Waals surface area (Å²) in [6, 6.07) is 3.89. The van der Waals surface area contributed by atoms with Gasteiger partial charge in [-0.2, -0.15) is 0 Å². The van der Waals surface area contributed by atoms with E-state index in [2.05, 4.69) is 26.1 Å². The minimum atomic E-state index is 0.0509. The predicted octanol–water partition coefficient (Wildman–Crippen LogP) is 3.40. The van der Waals surface area contributed by atoms with E-state index in [0.717, 1.165) is 25.1 Å². The SMILES string of the molecule is COc1cc(CNC(C)(C)C)cc(Cl)c1OC1CCOC1. The molecule has 1 aliphatic rings. The first-order chi connectivity index (χ1) is 9.89. The maximum absolute atomic E-state index is 6.37. The Bertz CT molecular complexity index is 479. The van der Waals surface area contributed by atoms with Crippen LogP contribution in [0.2, 0.25) is 5.02 Å². The average Bonchev–Trinajstić information content (AvgIpc) is 2.91. The van der Waals surface area contributed by atoms with Gasteiger partial charge >= 0.3 is 0 Å². The van der Waals surface area contributed by atoms with Gasteiger partial charge in [-0.05, 0) is 38.5 Å². The Morgan fingerprint density at radius 3 is 2.71 bits per heavy atom. The molecule has 0 bridgehead atoms. The van der Waals surface area contributed by atoms with E-state index in [1.165, 1.54) is 0 Å². The Kier molecular flexibility index (Phi) is 5.36. The van der Waals surface area contributed by atoms with Crippen molar-refractivity contribution in [2.45, 2.75) is 45.4 Å². The fourth-order valence-electron chi connectivity index (χ4n) is 2.13. The highest BCUT2D eigenvalue weighted by Gasteiger charge is 2.21. The van der Waals surface area contributed by atoms with Crippen LogP contribution in [0.4, 0.5) is 0 Å². The van der Waals surface area contributed by atoms with Crippen LogP contribution in [0.5, 0.6) is 11.5 Å². The summed E-state index contributed by atoms with van der Waals surface area (Å²) in [5.74, 6) is 1.27. The summed E-state index contributed by atoms with van der Waals surface area (Å²) in [5, 5.41) is 4.01. The van der Waals surface area contributed by atoms with Crippen molar-refractivity contribution in [1.29, 1.82) is 0 Å². The van der Waals surface area contributed by atoms with Gasteiger partial charge in [-0.15, -0.1) is 0 Å². The quantitative estimate of drug-likeness (QED) is 0.904. The molecule has 1 heterocycles. The van der Waals surface area contributed by atoms with Crippen LogP contribution in [0.15, 0.2) is 12.1 Å². The molecule has 2 rings (SSSR count). The van der Waals surface area contributed by atoms with Crippen molar-refractivity contribution in [3.05, 3.63) is 22.7 Å². The highest BCUT2D eigenvalue weighted by atomic mass is 35.5. The molecule has 5 heteroatoms. The summed E-state index contributed by atoms with van der Waals surface area (Å²) in [4.78, 5) is 0. The minimum absolute atomic E-state index is 0.0509. The van der Waals surface area contributed by atoms with Crippen LogP contribution in [-0.2, 0) is 11.3 Å². The van der Waals surface area contributed by atoms with Gasteiger partial charge in [0, 0.05) is 18.5 Å². The van der Waals surface area contributed by atoms with Crippen molar-refractivity contribution < 1.29 is 14.2 Å². The zero-order valence-corrected chi connectivity index (χ0v) is 13.9. The van der Waals surface area contributed by atoms with Gasteiger partial charge in [0.1, 0.15) is 6.10 Å². The molecule has 4 nitrogen and oxygen atoms in total. The van der Waals surface area contributed by atoms with Crippen molar-refractivity contribution in [1.82, 2.24) is 5.32 Å². The maximum atomic E-state index is 6.37. The summed E-state index contributed by atoms with van der Waals surface area (Å²) >= 11 is 6.37. The predicted molar refractivity (Wildman–Crippen MR) is 84.4 cm³/mol. The maximum Gasteiger partial charge on any atom is 0.180 e. The Morgan fingerprint density at radius 1 is 1.38 bits per heavy atom.